The van der Waals surface area contributed by atoms with E-state index in [0.717, 1.165) is 21.5 Å². The fourth-order valence-corrected chi connectivity index (χ4v) is 2.56. The van der Waals surface area contributed by atoms with E-state index in [2.05, 4.69) is 21.2 Å². The van der Waals surface area contributed by atoms with Crippen LogP contribution in [-0.4, -0.2) is 0 Å². The van der Waals surface area contributed by atoms with Crippen molar-refractivity contribution in [1.82, 2.24) is 0 Å². The summed E-state index contributed by atoms with van der Waals surface area (Å²) in [6.07, 6.45) is 0. The maximum atomic E-state index is 13.6. The smallest absolute Gasteiger partial charge is 0.129 e. The molecule has 4 heteroatoms. The Morgan fingerprint density at radius 2 is 1.71 bits per heavy atom. The number of rotatable bonds is 6. The summed E-state index contributed by atoms with van der Waals surface area (Å²) in [5.74, 6) is 0.485. The topological polar surface area (TPSA) is 21.3 Å². The van der Waals surface area contributed by atoms with Crippen LogP contribution in [0.4, 0.5) is 10.1 Å². The third-order valence-electron chi connectivity index (χ3n) is 3.59. The van der Waals surface area contributed by atoms with Gasteiger partial charge in [-0.2, -0.15) is 0 Å². The van der Waals surface area contributed by atoms with Crippen LogP contribution in [0.2, 0.25) is 0 Å². The SMILES string of the molecule is Fc1ccccc1COc1cccc(CNc2ccc(Br)cc2)c1. The first-order valence-corrected chi connectivity index (χ1v) is 8.44. The second-order valence-electron chi connectivity index (χ2n) is 5.39. The van der Waals surface area contributed by atoms with E-state index in [1.54, 1.807) is 18.2 Å². The van der Waals surface area contributed by atoms with E-state index in [9.17, 15) is 4.39 Å². The Labute approximate surface area is 149 Å². The van der Waals surface area contributed by atoms with Gasteiger partial charge in [-0.3, -0.25) is 0 Å². The van der Waals surface area contributed by atoms with E-state index >= 15 is 0 Å². The average molecular weight is 386 g/mol. The van der Waals surface area contributed by atoms with Crippen LogP contribution >= 0.6 is 15.9 Å². The minimum absolute atomic E-state index is 0.219. The largest absolute Gasteiger partial charge is 0.489 e. The molecule has 0 radical (unpaired) electrons. The summed E-state index contributed by atoms with van der Waals surface area (Å²) in [6.45, 7) is 0.912. The van der Waals surface area contributed by atoms with Gasteiger partial charge in [-0.05, 0) is 48.0 Å². The van der Waals surface area contributed by atoms with Crippen molar-refractivity contribution in [3.8, 4) is 5.75 Å². The molecule has 1 N–H and O–H groups in total. The molecule has 0 bridgehead atoms. The highest BCUT2D eigenvalue weighted by atomic mass is 79.9. The lowest BCUT2D eigenvalue weighted by atomic mass is 10.2. The lowest BCUT2D eigenvalue weighted by molar-refractivity contribution is 0.299. The fourth-order valence-electron chi connectivity index (χ4n) is 2.29. The molecule has 0 aliphatic carbocycles. The van der Waals surface area contributed by atoms with E-state index in [4.69, 9.17) is 4.74 Å². The molecule has 3 aromatic rings. The van der Waals surface area contributed by atoms with Crippen molar-refractivity contribution in [3.05, 3.63) is 94.2 Å². The second kappa shape index (κ2) is 7.97. The molecule has 0 aromatic heterocycles. The number of nitrogens with one attached hydrogen (secondary N) is 1. The van der Waals surface area contributed by atoms with Gasteiger partial charge in [-0.1, -0.05) is 46.3 Å². The van der Waals surface area contributed by atoms with Crippen molar-refractivity contribution < 1.29 is 9.13 Å². The van der Waals surface area contributed by atoms with E-state index in [1.807, 2.05) is 48.5 Å². The Kier molecular flexibility index (Phi) is 5.49. The van der Waals surface area contributed by atoms with Gasteiger partial charge in [-0.25, -0.2) is 4.39 Å². The van der Waals surface area contributed by atoms with Crippen molar-refractivity contribution >= 4 is 21.6 Å². The summed E-state index contributed by atoms with van der Waals surface area (Å²) in [4.78, 5) is 0. The molecule has 2 nitrogen and oxygen atoms in total. The maximum Gasteiger partial charge on any atom is 0.129 e. The van der Waals surface area contributed by atoms with Gasteiger partial charge < -0.3 is 10.1 Å². The Morgan fingerprint density at radius 1 is 0.917 bits per heavy atom. The van der Waals surface area contributed by atoms with Gasteiger partial charge in [-0.15, -0.1) is 0 Å². The monoisotopic (exact) mass is 385 g/mol. The van der Waals surface area contributed by atoms with Gasteiger partial charge in [0.05, 0.1) is 0 Å². The first kappa shape index (κ1) is 16.5. The summed E-state index contributed by atoms with van der Waals surface area (Å²) < 4.78 is 20.4. The van der Waals surface area contributed by atoms with Gasteiger partial charge in [0.25, 0.3) is 0 Å². The van der Waals surface area contributed by atoms with Crippen LogP contribution in [0.15, 0.2) is 77.3 Å². The molecule has 0 amide bonds. The summed E-state index contributed by atoms with van der Waals surface area (Å²) in [5, 5.41) is 3.36. The molecule has 0 fully saturated rings. The van der Waals surface area contributed by atoms with Crippen LogP contribution in [0.1, 0.15) is 11.1 Å². The molecular weight excluding hydrogens is 369 g/mol. The van der Waals surface area contributed by atoms with Crippen LogP contribution in [0.5, 0.6) is 5.75 Å². The minimum Gasteiger partial charge on any atom is -0.489 e. The Hall–Kier alpha value is -2.33. The molecular formula is C20H17BrFNO. The summed E-state index contributed by atoms with van der Waals surface area (Å²) in [7, 11) is 0. The lowest BCUT2D eigenvalue weighted by Gasteiger charge is -2.10. The normalized spacial score (nSPS) is 10.4. The van der Waals surface area contributed by atoms with Crippen molar-refractivity contribution in [2.24, 2.45) is 0 Å². The molecule has 3 aromatic carbocycles. The lowest BCUT2D eigenvalue weighted by Crippen LogP contribution is -2.01. The molecule has 0 aliphatic heterocycles. The third kappa shape index (κ3) is 4.59. The second-order valence-corrected chi connectivity index (χ2v) is 6.30. The van der Waals surface area contributed by atoms with Crippen LogP contribution in [0.25, 0.3) is 0 Å². The summed E-state index contributed by atoms with van der Waals surface area (Å²) in [5.41, 5.74) is 2.70. The Balaban J connectivity index is 1.59. The molecule has 3 rings (SSSR count). The van der Waals surface area contributed by atoms with E-state index in [0.29, 0.717) is 12.1 Å². The molecule has 0 aliphatic rings. The number of anilines is 1. The summed E-state index contributed by atoms with van der Waals surface area (Å²) >= 11 is 3.42. The molecule has 0 saturated heterocycles. The highest BCUT2D eigenvalue weighted by Crippen LogP contribution is 2.18. The first-order chi connectivity index (χ1) is 11.7. The van der Waals surface area contributed by atoms with Crippen LogP contribution in [-0.2, 0) is 13.2 Å². The molecule has 122 valence electrons. The van der Waals surface area contributed by atoms with Crippen molar-refractivity contribution in [2.45, 2.75) is 13.2 Å². The Bertz CT molecular complexity index is 805. The molecule has 24 heavy (non-hydrogen) atoms. The first-order valence-electron chi connectivity index (χ1n) is 7.65. The van der Waals surface area contributed by atoms with Crippen molar-refractivity contribution in [2.75, 3.05) is 5.32 Å². The third-order valence-corrected chi connectivity index (χ3v) is 4.12. The van der Waals surface area contributed by atoms with Crippen LogP contribution in [0, 0.1) is 5.82 Å². The number of hydrogen-bond donors (Lipinski definition) is 1. The number of ether oxygens (including phenoxy) is 1. The molecule has 0 unspecified atom stereocenters. The zero-order chi connectivity index (χ0) is 16.8. The zero-order valence-electron chi connectivity index (χ0n) is 13.0. The van der Waals surface area contributed by atoms with Crippen LogP contribution in [0.3, 0.4) is 0 Å². The predicted molar refractivity (Wildman–Crippen MR) is 98.6 cm³/mol. The summed E-state index contributed by atoms with van der Waals surface area (Å²) in [6, 6.07) is 22.5. The highest BCUT2D eigenvalue weighted by Gasteiger charge is 2.03. The predicted octanol–water partition coefficient (Wildman–Crippen LogP) is 5.78. The average Bonchev–Trinajstić information content (AvgIpc) is 2.61. The molecule has 0 spiro atoms. The number of halogens is 2. The minimum atomic E-state index is -0.245. The van der Waals surface area contributed by atoms with Crippen LogP contribution < -0.4 is 10.1 Å². The molecule has 0 atom stereocenters. The van der Waals surface area contributed by atoms with Gasteiger partial charge >= 0.3 is 0 Å². The van der Waals surface area contributed by atoms with E-state index in [1.165, 1.54) is 6.07 Å². The van der Waals surface area contributed by atoms with Crippen molar-refractivity contribution in [3.63, 3.8) is 0 Å². The van der Waals surface area contributed by atoms with E-state index in [-0.39, 0.29) is 12.4 Å². The van der Waals surface area contributed by atoms with Crippen molar-refractivity contribution in [1.29, 1.82) is 0 Å². The van der Waals surface area contributed by atoms with Gasteiger partial charge in [0.2, 0.25) is 0 Å². The van der Waals surface area contributed by atoms with Gasteiger partial charge in [0.15, 0.2) is 0 Å². The standard InChI is InChI=1S/C20H17BrFNO/c21-17-8-10-18(11-9-17)23-13-15-4-3-6-19(12-15)24-14-16-5-1-2-7-20(16)22/h1-12,23H,13-14H2. The maximum absolute atomic E-state index is 13.6. The molecule has 0 saturated carbocycles. The van der Waals surface area contributed by atoms with E-state index < -0.39 is 0 Å². The highest BCUT2D eigenvalue weighted by molar-refractivity contribution is 9.10. The number of benzene rings is 3. The molecule has 0 heterocycles. The Morgan fingerprint density at radius 3 is 2.50 bits per heavy atom. The zero-order valence-corrected chi connectivity index (χ0v) is 14.6. The van der Waals surface area contributed by atoms with Gasteiger partial charge in [0.1, 0.15) is 18.2 Å². The van der Waals surface area contributed by atoms with Gasteiger partial charge in [0, 0.05) is 22.3 Å². The number of hydrogen-bond acceptors (Lipinski definition) is 2. The quantitative estimate of drug-likeness (QED) is 0.580. The fraction of sp³-hybridized carbons (Fsp3) is 0.100.